The average molecular weight is 365 g/mol. The van der Waals surface area contributed by atoms with Crippen molar-refractivity contribution < 1.29 is 9.18 Å². The molecule has 130 valence electrons. The van der Waals surface area contributed by atoms with Gasteiger partial charge in [0.25, 0.3) is 5.91 Å². The maximum absolute atomic E-state index is 13.1. The minimum atomic E-state index is -0.254. The van der Waals surface area contributed by atoms with Crippen LogP contribution in [0.5, 0.6) is 0 Å². The zero-order valence-electron chi connectivity index (χ0n) is 14.0. The van der Waals surface area contributed by atoms with Gasteiger partial charge in [0.15, 0.2) is 4.96 Å². The van der Waals surface area contributed by atoms with Gasteiger partial charge < -0.3 is 4.90 Å². The number of carbonyl (C=O) groups excluding carboxylic acids is 1. The summed E-state index contributed by atoms with van der Waals surface area (Å²) in [5.74, 6) is -0.141. The molecule has 1 saturated heterocycles. The van der Waals surface area contributed by atoms with E-state index >= 15 is 0 Å². The van der Waals surface area contributed by atoms with Crippen LogP contribution in [0.4, 0.5) is 4.39 Å². The van der Waals surface area contributed by atoms with Crippen LogP contribution < -0.4 is 0 Å². The van der Waals surface area contributed by atoms with Crippen molar-refractivity contribution in [2.45, 2.75) is 12.8 Å². The van der Waals surface area contributed by atoms with Gasteiger partial charge in [-0.05, 0) is 55.3 Å². The lowest BCUT2D eigenvalue weighted by atomic mass is 10.2. The predicted octanol–water partition coefficient (Wildman–Crippen LogP) is 4.59. The summed E-state index contributed by atoms with van der Waals surface area (Å²) in [6.45, 7) is 1.71. The number of halogens is 1. The molecule has 3 heterocycles. The molecule has 5 rings (SSSR count). The van der Waals surface area contributed by atoms with E-state index in [1.165, 1.54) is 12.1 Å². The number of aromatic nitrogens is 2. The monoisotopic (exact) mass is 365 g/mol. The normalized spacial score (nSPS) is 14.6. The van der Waals surface area contributed by atoms with Crippen molar-refractivity contribution >= 4 is 32.4 Å². The first-order valence-corrected chi connectivity index (χ1v) is 9.47. The Bertz CT molecular complexity index is 1120. The highest BCUT2D eigenvalue weighted by Gasteiger charge is 2.20. The maximum Gasteiger partial charge on any atom is 0.253 e. The molecule has 4 aromatic rings. The number of likely N-dealkylation sites (tertiary alicyclic amines) is 1. The SMILES string of the molecule is O=C(c1ccc2c(c1)sc1nc(-c3ccc(F)cc3)cn12)N1CCCC1. The second-order valence-corrected chi connectivity index (χ2v) is 7.58. The molecule has 0 aliphatic carbocycles. The van der Waals surface area contributed by atoms with E-state index < -0.39 is 0 Å². The second kappa shape index (κ2) is 5.92. The van der Waals surface area contributed by atoms with Gasteiger partial charge >= 0.3 is 0 Å². The summed E-state index contributed by atoms with van der Waals surface area (Å²) in [6, 6.07) is 12.2. The van der Waals surface area contributed by atoms with Crippen molar-refractivity contribution in [1.29, 1.82) is 0 Å². The average Bonchev–Trinajstić information content (AvgIpc) is 3.37. The Morgan fingerprint density at radius 2 is 1.85 bits per heavy atom. The highest BCUT2D eigenvalue weighted by molar-refractivity contribution is 7.23. The number of amides is 1. The van der Waals surface area contributed by atoms with Gasteiger partial charge in [0.05, 0.1) is 15.9 Å². The standard InChI is InChI=1S/C20H16FN3OS/c21-15-6-3-13(4-7-15)16-12-24-17-8-5-14(11-18(17)26-20(24)22-16)19(25)23-9-1-2-10-23/h3-8,11-12H,1-2,9-10H2. The Kier molecular flexibility index (Phi) is 3.53. The third kappa shape index (κ3) is 2.49. The van der Waals surface area contributed by atoms with Crippen molar-refractivity contribution in [2.75, 3.05) is 13.1 Å². The fourth-order valence-corrected chi connectivity index (χ4v) is 4.54. The molecule has 0 radical (unpaired) electrons. The summed E-state index contributed by atoms with van der Waals surface area (Å²) in [5, 5.41) is 0. The fraction of sp³-hybridized carbons (Fsp3) is 0.200. The fourth-order valence-electron chi connectivity index (χ4n) is 3.50. The quantitative estimate of drug-likeness (QED) is 0.521. The Morgan fingerprint density at radius 3 is 2.62 bits per heavy atom. The number of rotatable bonds is 2. The van der Waals surface area contributed by atoms with Crippen LogP contribution in [-0.2, 0) is 0 Å². The maximum atomic E-state index is 13.1. The Balaban J connectivity index is 1.54. The smallest absolute Gasteiger partial charge is 0.253 e. The molecule has 0 N–H and O–H groups in total. The van der Waals surface area contributed by atoms with Crippen LogP contribution in [0.15, 0.2) is 48.7 Å². The molecule has 26 heavy (non-hydrogen) atoms. The molecule has 2 aromatic heterocycles. The second-order valence-electron chi connectivity index (χ2n) is 6.57. The summed E-state index contributed by atoms with van der Waals surface area (Å²) in [5.41, 5.74) is 3.47. The molecule has 0 atom stereocenters. The molecule has 0 bridgehead atoms. The molecule has 0 saturated carbocycles. The van der Waals surface area contributed by atoms with Gasteiger partial charge in [-0.2, -0.15) is 0 Å². The number of benzene rings is 2. The molecule has 1 amide bonds. The summed E-state index contributed by atoms with van der Waals surface area (Å²) in [6.07, 6.45) is 4.14. The van der Waals surface area contributed by atoms with Crippen LogP contribution in [0.3, 0.4) is 0 Å². The van der Waals surface area contributed by atoms with Crippen molar-refractivity contribution in [3.8, 4) is 11.3 Å². The minimum Gasteiger partial charge on any atom is -0.339 e. The summed E-state index contributed by atoms with van der Waals surface area (Å²) in [7, 11) is 0. The van der Waals surface area contributed by atoms with E-state index in [4.69, 9.17) is 0 Å². The molecule has 0 spiro atoms. The first-order valence-electron chi connectivity index (χ1n) is 8.66. The largest absolute Gasteiger partial charge is 0.339 e. The van der Waals surface area contributed by atoms with E-state index in [1.807, 2.05) is 33.7 Å². The lowest BCUT2D eigenvalue weighted by Gasteiger charge is -2.14. The zero-order chi connectivity index (χ0) is 17.7. The predicted molar refractivity (Wildman–Crippen MR) is 101 cm³/mol. The van der Waals surface area contributed by atoms with E-state index in [-0.39, 0.29) is 11.7 Å². The number of hydrogen-bond donors (Lipinski definition) is 0. The van der Waals surface area contributed by atoms with Crippen LogP contribution in [0.1, 0.15) is 23.2 Å². The van der Waals surface area contributed by atoms with Crippen molar-refractivity contribution in [3.63, 3.8) is 0 Å². The van der Waals surface area contributed by atoms with E-state index in [1.54, 1.807) is 23.5 Å². The van der Waals surface area contributed by atoms with Crippen LogP contribution >= 0.6 is 11.3 Å². The lowest BCUT2D eigenvalue weighted by Crippen LogP contribution is -2.27. The van der Waals surface area contributed by atoms with Gasteiger partial charge in [0.1, 0.15) is 5.82 Å². The molecule has 1 aliphatic heterocycles. The third-order valence-corrected chi connectivity index (χ3v) is 5.89. The molecule has 0 unspecified atom stereocenters. The number of nitrogens with zero attached hydrogens (tertiary/aromatic N) is 3. The Labute approximate surface area is 153 Å². The number of hydrogen-bond acceptors (Lipinski definition) is 3. The third-order valence-electron chi connectivity index (χ3n) is 4.87. The van der Waals surface area contributed by atoms with Gasteiger partial charge in [-0.1, -0.05) is 11.3 Å². The number of carbonyl (C=O) groups is 1. The molecular formula is C20H16FN3OS. The van der Waals surface area contributed by atoms with E-state index in [2.05, 4.69) is 4.98 Å². The number of fused-ring (bicyclic) bond motifs is 3. The van der Waals surface area contributed by atoms with Crippen molar-refractivity contribution in [2.24, 2.45) is 0 Å². The number of imidazole rings is 1. The molecule has 1 fully saturated rings. The zero-order valence-corrected chi connectivity index (χ0v) is 14.8. The van der Waals surface area contributed by atoms with Gasteiger partial charge in [-0.15, -0.1) is 0 Å². The minimum absolute atomic E-state index is 0.113. The van der Waals surface area contributed by atoms with Gasteiger partial charge in [0, 0.05) is 30.4 Å². The molecule has 2 aromatic carbocycles. The summed E-state index contributed by atoms with van der Waals surface area (Å²) >= 11 is 1.56. The molecular weight excluding hydrogens is 349 g/mol. The van der Waals surface area contributed by atoms with Gasteiger partial charge in [-0.3, -0.25) is 9.20 Å². The van der Waals surface area contributed by atoms with Crippen LogP contribution in [-0.4, -0.2) is 33.3 Å². The van der Waals surface area contributed by atoms with Crippen LogP contribution in [0.2, 0.25) is 0 Å². The van der Waals surface area contributed by atoms with Crippen molar-refractivity contribution in [1.82, 2.24) is 14.3 Å². The highest BCUT2D eigenvalue weighted by Crippen LogP contribution is 2.30. The highest BCUT2D eigenvalue weighted by atomic mass is 32.1. The van der Waals surface area contributed by atoms with Crippen LogP contribution in [0.25, 0.3) is 26.4 Å². The summed E-state index contributed by atoms with van der Waals surface area (Å²) in [4.78, 5) is 20.0. The Morgan fingerprint density at radius 1 is 1.08 bits per heavy atom. The molecule has 4 nitrogen and oxygen atoms in total. The van der Waals surface area contributed by atoms with E-state index in [9.17, 15) is 9.18 Å². The number of thiazole rings is 1. The first-order chi connectivity index (χ1) is 12.7. The topological polar surface area (TPSA) is 37.6 Å². The van der Waals surface area contributed by atoms with Crippen molar-refractivity contribution in [3.05, 3.63) is 60.0 Å². The first kappa shape index (κ1) is 15.5. The lowest BCUT2D eigenvalue weighted by molar-refractivity contribution is 0.0793. The molecule has 1 aliphatic rings. The van der Waals surface area contributed by atoms with Gasteiger partial charge in [-0.25, -0.2) is 9.37 Å². The Hall–Kier alpha value is -2.73. The van der Waals surface area contributed by atoms with Crippen LogP contribution in [0, 0.1) is 5.82 Å². The molecule has 6 heteroatoms. The van der Waals surface area contributed by atoms with E-state index in [0.29, 0.717) is 0 Å². The van der Waals surface area contributed by atoms with E-state index in [0.717, 1.165) is 57.9 Å². The van der Waals surface area contributed by atoms with Gasteiger partial charge in [0.2, 0.25) is 0 Å². The summed E-state index contributed by atoms with van der Waals surface area (Å²) < 4.78 is 16.2.